The van der Waals surface area contributed by atoms with Crippen LogP contribution in [0.4, 0.5) is 5.82 Å². The number of benzene rings is 1. The van der Waals surface area contributed by atoms with Gasteiger partial charge in [0, 0.05) is 30.1 Å². The van der Waals surface area contributed by atoms with Gasteiger partial charge in [-0.2, -0.15) is 5.10 Å². The van der Waals surface area contributed by atoms with Crippen molar-refractivity contribution in [1.29, 1.82) is 0 Å². The molecule has 1 N–H and O–H groups in total. The second-order valence-corrected chi connectivity index (χ2v) is 8.07. The standard InChI is InChI=1S/C22H24N4OS/c27-22(16-28-15-17-7-6-12-23-14-17)24-21-13-20(18-8-4-5-9-18)25-26(21)19-10-2-1-3-11-19/h1-3,6-7,10-14,18H,4-5,8-9,15-16H2,(H,24,27). The molecule has 0 atom stereocenters. The summed E-state index contributed by atoms with van der Waals surface area (Å²) < 4.78 is 1.86. The van der Waals surface area contributed by atoms with E-state index in [9.17, 15) is 4.79 Å². The quantitative estimate of drug-likeness (QED) is 0.628. The first-order chi connectivity index (χ1) is 13.8. The number of nitrogens with one attached hydrogen (secondary N) is 1. The van der Waals surface area contributed by atoms with E-state index in [-0.39, 0.29) is 5.91 Å². The Balaban J connectivity index is 1.45. The maximum Gasteiger partial charge on any atom is 0.235 e. The molecule has 1 aliphatic rings. The number of aromatic nitrogens is 3. The number of para-hydroxylation sites is 1. The monoisotopic (exact) mass is 392 g/mol. The minimum Gasteiger partial charge on any atom is -0.310 e. The van der Waals surface area contributed by atoms with Gasteiger partial charge in [-0.1, -0.05) is 37.1 Å². The molecule has 1 amide bonds. The topological polar surface area (TPSA) is 59.8 Å². The number of nitrogens with zero attached hydrogens (tertiary/aromatic N) is 3. The summed E-state index contributed by atoms with van der Waals surface area (Å²) in [4.78, 5) is 16.6. The molecular weight excluding hydrogens is 368 g/mol. The molecule has 0 saturated heterocycles. The summed E-state index contributed by atoms with van der Waals surface area (Å²) in [6.45, 7) is 0. The van der Waals surface area contributed by atoms with Gasteiger partial charge in [-0.25, -0.2) is 4.68 Å². The molecule has 1 aromatic carbocycles. The Labute approximate surface area is 169 Å². The van der Waals surface area contributed by atoms with Crippen LogP contribution < -0.4 is 5.32 Å². The van der Waals surface area contributed by atoms with Gasteiger partial charge in [0.05, 0.1) is 17.1 Å². The van der Waals surface area contributed by atoms with Gasteiger partial charge in [0.15, 0.2) is 0 Å². The van der Waals surface area contributed by atoms with Crippen molar-refractivity contribution in [3.63, 3.8) is 0 Å². The third-order valence-electron chi connectivity index (χ3n) is 4.99. The third kappa shape index (κ3) is 4.62. The van der Waals surface area contributed by atoms with Gasteiger partial charge in [0.25, 0.3) is 0 Å². The average molecular weight is 393 g/mol. The predicted molar refractivity (Wildman–Crippen MR) is 114 cm³/mol. The van der Waals surface area contributed by atoms with Gasteiger partial charge in [-0.3, -0.25) is 9.78 Å². The van der Waals surface area contributed by atoms with Crippen molar-refractivity contribution < 1.29 is 4.79 Å². The van der Waals surface area contributed by atoms with E-state index in [1.807, 2.05) is 59.4 Å². The normalized spacial score (nSPS) is 14.3. The van der Waals surface area contributed by atoms with Crippen molar-refractivity contribution in [1.82, 2.24) is 14.8 Å². The fourth-order valence-corrected chi connectivity index (χ4v) is 4.37. The molecule has 1 fully saturated rings. The molecule has 1 aliphatic carbocycles. The summed E-state index contributed by atoms with van der Waals surface area (Å²) in [5.41, 5.74) is 3.17. The van der Waals surface area contributed by atoms with E-state index in [0.29, 0.717) is 11.7 Å². The highest BCUT2D eigenvalue weighted by molar-refractivity contribution is 7.99. The van der Waals surface area contributed by atoms with Gasteiger partial charge in [0.2, 0.25) is 5.91 Å². The Hall–Kier alpha value is -2.60. The molecule has 28 heavy (non-hydrogen) atoms. The number of anilines is 1. The SMILES string of the molecule is O=C(CSCc1cccnc1)Nc1cc(C2CCCC2)nn1-c1ccccc1. The van der Waals surface area contributed by atoms with Crippen LogP contribution in [0.1, 0.15) is 42.9 Å². The summed E-state index contributed by atoms with van der Waals surface area (Å²) in [6.07, 6.45) is 8.47. The summed E-state index contributed by atoms with van der Waals surface area (Å²) in [7, 11) is 0. The first-order valence-corrected chi connectivity index (χ1v) is 10.9. The maximum atomic E-state index is 12.5. The number of hydrogen-bond acceptors (Lipinski definition) is 4. The number of hydrogen-bond donors (Lipinski definition) is 1. The van der Waals surface area contributed by atoms with Crippen LogP contribution in [0.5, 0.6) is 0 Å². The summed E-state index contributed by atoms with van der Waals surface area (Å²) in [5, 5.41) is 7.89. The number of rotatable bonds is 7. The number of thioether (sulfide) groups is 1. The molecule has 0 spiro atoms. The summed E-state index contributed by atoms with van der Waals surface area (Å²) in [5.74, 6) is 2.41. The van der Waals surface area contributed by atoms with E-state index in [2.05, 4.69) is 10.3 Å². The second-order valence-electron chi connectivity index (χ2n) is 7.09. The highest BCUT2D eigenvalue weighted by Crippen LogP contribution is 2.35. The van der Waals surface area contributed by atoms with Crippen LogP contribution in [0.25, 0.3) is 5.69 Å². The lowest BCUT2D eigenvalue weighted by Crippen LogP contribution is -2.17. The zero-order valence-corrected chi connectivity index (χ0v) is 16.6. The van der Waals surface area contributed by atoms with Crippen molar-refractivity contribution >= 4 is 23.5 Å². The van der Waals surface area contributed by atoms with Crippen LogP contribution in [0.3, 0.4) is 0 Å². The van der Waals surface area contributed by atoms with Crippen LogP contribution in [-0.2, 0) is 10.5 Å². The molecule has 0 radical (unpaired) electrons. The van der Waals surface area contributed by atoms with Gasteiger partial charge in [-0.05, 0) is 36.6 Å². The smallest absolute Gasteiger partial charge is 0.235 e. The van der Waals surface area contributed by atoms with Gasteiger partial charge in [-0.15, -0.1) is 11.8 Å². The minimum absolute atomic E-state index is 0.0102. The summed E-state index contributed by atoms with van der Waals surface area (Å²) in [6, 6.07) is 16.0. The van der Waals surface area contributed by atoms with E-state index in [4.69, 9.17) is 5.10 Å². The van der Waals surface area contributed by atoms with Crippen molar-refractivity contribution in [3.05, 3.63) is 72.2 Å². The molecule has 0 bridgehead atoms. The van der Waals surface area contributed by atoms with Crippen molar-refractivity contribution in [2.24, 2.45) is 0 Å². The summed E-state index contributed by atoms with van der Waals surface area (Å²) >= 11 is 1.59. The molecular formula is C22H24N4OS. The minimum atomic E-state index is -0.0102. The van der Waals surface area contributed by atoms with Crippen molar-refractivity contribution in [2.45, 2.75) is 37.4 Å². The Morgan fingerprint density at radius 2 is 1.96 bits per heavy atom. The first kappa shape index (κ1) is 18.7. The zero-order chi connectivity index (χ0) is 19.2. The molecule has 3 aromatic rings. The van der Waals surface area contributed by atoms with Gasteiger partial charge >= 0.3 is 0 Å². The van der Waals surface area contributed by atoms with E-state index in [1.165, 1.54) is 25.7 Å². The highest BCUT2D eigenvalue weighted by Gasteiger charge is 2.22. The molecule has 4 rings (SSSR count). The largest absolute Gasteiger partial charge is 0.310 e. The molecule has 0 aliphatic heterocycles. The van der Waals surface area contributed by atoms with Crippen LogP contribution in [0.15, 0.2) is 60.9 Å². The molecule has 0 unspecified atom stereocenters. The Morgan fingerprint density at radius 3 is 2.71 bits per heavy atom. The lowest BCUT2D eigenvalue weighted by atomic mass is 10.0. The highest BCUT2D eigenvalue weighted by atomic mass is 32.2. The maximum absolute atomic E-state index is 12.5. The number of carbonyl (C=O) groups excluding carboxylic acids is 1. The first-order valence-electron chi connectivity index (χ1n) is 9.71. The Bertz CT molecular complexity index is 905. The van der Waals surface area contributed by atoms with Gasteiger partial charge < -0.3 is 5.32 Å². The lowest BCUT2D eigenvalue weighted by Gasteiger charge is -2.09. The van der Waals surface area contributed by atoms with E-state index in [1.54, 1.807) is 18.0 Å². The molecule has 1 saturated carbocycles. The van der Waals surface area contributed by atoms with Crippen LogP contribution in [-0.4, -0.2) is 26.4 Å². The average Bonchev–Trinajstić information content (AvgIpc) is 3.39. The lowest BCUT2D eigenvalue weighted by molar-refractivity contribution is -0.113. The van der Waals surface area contributed by atoms with Crippen LogP contribution in [0.2, 0.25) is 0 Å². The zero-order valence-electron chi connectivity index (χ0n) is 15.8. The van der Waals surface area contributed by atoms with E-state index < -0.39 is 0 Å². The third-order valence-corrected chi connectivity index (χ3v) is 6.00. The fourth-order valence-electron chi connectivity index (χ4n) is 3.60. The van der Waals surface area contributed by atoms with E-state index >= 15 is 0 Å². The number of amides is 1. The number of carbonyl (C=O) groups is 1. The van der Waals surface area contributed by atoms with Crippen molar-refractivity contribution in [2.75, 3.05) is 11.1 Å². The van der Waals surface area contributed by atoms with Crippen LogP contribution in [0, 0.1) is 0 Å². The molecule has 2 heterocycles. The molecule has 6 heteroatoms. The number of pyridine rings is 1. The van der Waals surface area contributed by atoms with Crippen LogP contribution >= 0.6 is 11.8 Å². The molecule has 144 valence electrons. The van der Waals surface area contributed by atoms with Crippen molar-refractivity contribution in [3.8, 4) is 5.69 Å². The molecule has 5 nitrogen and oxygen atoms in total. The fraction of sp³-hybridized carbons (Fsp3) is 0.318. The second kappa shape index (κ2) is 9.06. The predicted octanol–water partition coefficient (Wildman–Crippen LogP) is 4.80. The van der Waals surface area contributed by atoms with Gasteiger partial charge in [0.1, 0.15) is 5.82 Å². The Morgan fingerprint density at radius 1 is 1.14 bits per heavy atom. The Kier molecular flexibility index (Phi) is 6.07. The van der Waals surface area contributed by atoms with E-state index in [0.717, 1.165) is 28.5 Å². The molecule has 2 aromatic heterocycles.